The summed E-state index contributed by atoms with van der Waals surface area (Å²) < 4.78 is 4.86. The molecule has 7 heteroatoms. The quantitative estimate of drug-likeness (QED) is 0.701. The number of carbonyl (C=O) groups is 3. The van der Waals surface area contributed by atoms with E-state index >= 15 is 0 Å². The van der Waals surface area contributed by atoms with Gasteiger partial charge in [0.25, 0.3) is 11.8 Å². The molecular weight excluding hydrogens is 238 g/mol. The summed E-state index contributed by atoms with van der Waals surface area (Å²) >= 11 is 0. The molecule has 1 aliphatic rings. The lowest BCUT2D eigenvalue weighted by Gasteiger charge is -2.39. The van der Waals surface area contributed by atoms with E-state index in [1.54, 1.807) is 20.8 Å². The molecule has 18 heavy (non-hydrogen) atoms. The molecule has 0 atom stereocenters. The van der Waals surface area contributed by atoms with Gasteiger partial charge in [0.05, 0.1) is 6.20 Å². The number of amides is 3. The number of nitrogens with one attached hydrogen (secondary N) is 1. The first-order chi connectivity index (χ1) is 8.34. The number of carbonyl (C=O) groups excluding carboxylic acids is 3. The highest BCUT2D eigenvalue weighted by molar-refractivity contribution is 6.08. The highest BCUT2D eigenvalue weighted by Crippen LogP contribution is 2.22. The zero-order valence-corrected chi connectivity index (χ0v) is 10.3. The van der Waals surface area contributed by atoms with Crippen LogP contribution in [0.5, 0.6) is 0 Å². The van der Waals surface area contributed by atoms with Crippen molar-refractivity contribution in [2.75, 3.05) is 6.54 Å². The highest BCUT2D eigenvalue weighted by atomic mass is 16.5. The Balaban J connectivity index is 2.37. The molecule has 7 nitrogen and oxygen atoms in total. The van der Waals surface area contributed by atoms with Crippen LogP contribution >= 0.6 is 0 Å². The second-order valence-electron chi connectivity index (χ2n) is 4.67. The van der Waals surface area contributed by atoms with Gasteiger partial charge in [-0.05, 0) is 20.8 Å². The Hall–Kier alpha value is -2.18. The largest absolute Gasteiger partial charge is 0.351 e. The molecule has 0 aromatic carbocycles. The lowest BCUT2D eigenvalue weighted by atomic mass is 9.98. The minimum atomic E-state index is -1.11. The number of imide groups is 1. The number of piperazine rings is 1. The fraction of sp³-hybridized carbons (Fsp3) is 0.455. The highest BCUT2D eigenvalue weighted by Gasteiger charge is 2.44. The van der Waals surface area contributed by atoms with Gasteiger partial charge in [-0.3, -0.25) is 19.7 Å². The summed E-state index contributed by atoms with van der Waals surface area (Å²) in [5.74, 6) is -1.49. The lowest BCUT2D eigenvalue weighted by molar-refractivity contribution is -0.143. The third-order valence-corrected chi connectivity index (χ3v) is 2.97. The molecule has 0 radical (unpaired) electrons. The summed E-state index contributed by atoms with van der Waals surface area (Å²) in [6, 6.07) is 0. The second-order valence-corrected chi connectivity index (χ2v) is 4.67. The van der Waals surface area contributed by atoms with Crippen LogP contribution in [0.15, 0.2) is 10.7 Å². The van der Waals surface area contributed by atoms with Gasteiger partial charge in [0, 0.05) is 5.56 Å². The first-order valence-electron chi connectivity index (χ1n) is 5.41. The molecule has 2 heterocycles. The maximum atomic E-state index is 12.2. The molecule has 3 amide bonds. The normalized spacial score (nSPS) is 18.7. The predicted molar refractivity (Wildman–Crippen MR) is 59.5 cm³/mol. The van der Waals surface area contributed by atoms with Crippen molar-refractivity contribution in [1.29, 1.82) is 0 Å². The summed E-state index contributed by atoms with van der Waals surface area (Å²) in [5.41, 5.74) is -0.543. The smallest absolute Gasteiger partial charge is 0.294 e. The van der Waals surface area contributed by atoms with E-state index in [9.17, 15) is 14.4 Å². The van der Waals surface area contributed by atoms with Crippen LogP contribution in [-0.2, 0) is 9.59 Å². The average molecular weight is 251 g/mol. The number of nitrogens with zero attached hydrogens (tertiary/aromatic N) is 2. The first kappa shape index (κ1) is 12.3. The fourth-order valence-electron chi connectivity index (χ4n) is 1.73. The van der Waals surface area contributed by atoms with Crippen molar-refractivity contribution in [3.8, 4) is 0 Å². The van der Waals surface area contributed by atoms with Gasteiger partial charge in [0.2, 0.25) is 11.7 Å². The Morgan fingerprint density at radius 3 is 2.72 bits per heavy atom. The Kier molecular flexibility index (Phi) is 2.68. The molecule has 1 aromatic rings. The van der Waals surface area contributed by atoms with Gasteiger partial charge in [-0.25, -0.2) is 0 Å². The molecule has 1 fully saturated rings. The second kappa shape index (κ2) is 3.94. The Bertz CT molecular complexity index is 532. The van der Waals surface area contributed by atoms with E-state index in [2.05, 4.69) is 10.5 Å². The number of rotatable bonds is 1. The van der Waals surface area contributed by atoms with Crippen molar-refractivity contribution in [3.63, 3.8) is 0 Å². The summed E-state index contributed by atoms with van der Waals surface area (Å²) in [6.45, 7) is 4.62. The Morgan fingerprint density at radius 1 is 1.50 bits per heavy atom. The van der Waals surface area contributed by atoms with Crippen LogP contribution in [0.3, 0.4) is 0 Å². The van der Waals surface area contributed by atoms with Crippen molar-refractivity contribution in [2.45, 2.75) is 26.3 Å². The molecule has 0 aliphatic carbocycles. The number of aryl methyl sites for hydroxylation is 1. The van der Waals surface area contributed by atoms with Crippen LogP contribution < -0.4 is 5.32 Å². The molecular formula is C11H13N3O4. The number of hydrogen-bond acceptors (Lipinski definition) is 5. The summed E-state index contributed by atoms with van der Waals surface area (Å²) in [6.07, 6.45) is 1.41. The van der Waals surface area contributed by atoms with E-state index in [1.165, 1.54) is 11.1 Å². The zero-order chi connectivity index (χ0) is 13.5. The number of aromatic nitrogens is 1. The van der Waals surface area contributed by atoms with Crippen LogP contribution in [0.25, 0.3) is 0 Å². The van der Waals surface area contributed by atoms with E-state index in [-0.39, 0.29) is 12.3 Å². The zero-order valence-electron chi connectivity index (χ0n) is 10.3. The molecule has 1 aromatic heterocycles. The van der Waals surface area contributed by atoms with Gasteiger partial charge in [-0.15, -0.1) is 0 Å². The summed E-state index contributed by atoms with van der Waals surface area (Å²) in [7, 11) is 0. The van der Waals surface area contributed by atoms with Crippen molar-refractivity contribution in [3.05, 3.63) is 17.5 Å². The topological polar surface area (TPSA) is 92.5 Å². The molecule has 2 rings (SSSR count). The molecule has 1 saturated heterocycles. The van der Waals surface area contributed by atoms with Crippen LogP contribution in [0.1, 0.15) is 30.0 Å². The SMILES string of the molecule is Cc1cnoc1C(=O)N1CC(=O)NC(=O)C1(C)C. The Morgan fingerprint density at radius 2 is 2.17 bits per heavy atom. The molecule has 96 valence electrons. The van der Waals surface area contributed by atoms with Crippen molar-refractivity contribution in [1.82, 2.24) is 15.4 Å². The van der Waals surface area contributed by atoms with Crippen LogP contribution in [0.2, 0.25) is 0 Å². The van der Waals surface area contributed by atoms with Gasteiger partial charge in [-0.1, -0.05) is 5.16 Å². The molecule has 0 unspecified atom stereocenters. The fourth-order valence-corrected chi connectivity index (χ4v) is 1.73. The first-order valence-corrected chi connectivity index (χ1v) is 5.41. The van der Waals surface area contributed by atoms with E-state index in [0.29, 0.717) is 5.56 Å². The molecule has 1 N–H and O–H groups in total. The van der Waals surface area contributed by atoms with Crippen molar-refractivity contribution in [2.24, 2.45) is 0 Å². The van der Waals surface area contributed by atoms with Crippen LogP contribution in [0.4, 0.5) is 0 Å². The minimum absolute atomic E-state index is 0.0468. The third-order valence-electron chi connectivity index (χ3n) is 2.97. The molecule has 1 aliphatic heterocycles. The van der Waals surface area contributed by atoms with E-state index in [1.807, 2.05) is 0 Å². The van der Waals surface area contributed by atoms with Gasteiger partial charge in [0.15, 0.2) is 0 Å². The maximum Gasteiger partial charge on any atom is 0.294 e. The van der Waals surface area contributed by atoms with Crippen LogP contribution in [-0.4, -0.2) is 39.9 Å². The van der Waals surface area contributed by atoms with Crippen LogP contribution in [0, 0.1) is 6.92 Å². The standard InChI is InChI=1S/C11H13N3O4/c1-6-4-12-18-8(6)9(16)14-5-7(15)13-10(17)11(14,2)3/h4H,5H2,1-3H3,(H,13,15,17). The van der Waals surface area contributed by atoms with E-state index in [0.717, 1.165) is 0 Å². The lowest BCUT2D eigenvalue weighted by Crippen LogP contribution is -2.65. The Labute approximate surface area is 103 Å². The molecule has 0 bridgehead atoms. The van der Waals surface area contributed by atoms with Crippen molar-refractivity contribution >= 4 is 17.7 Å². The summed E-state index contributed by atoms with van der Waals surface area (Å²) in [5, 5.41) is 5.71. The molecule has 0 spiro atoms. The van der Waals surface area contributed by atoms with Gasteiger partial charge in [0.1, 0.15) is 12.1 Å². The monoisotopic (exact) mass is 251 g/mol. The van der Waals surface area contributed by atoms with Crippen molar-refractivity contribution < 1.29 is 18.9 Å². The van der Waals surface area contributed by atoms with Gasteiger partial charge < -0.3 is 9.42 Å². The minimum Gasteiger partial charge on any atom is -0.351 e. The average Bonchev–Trinajstić information content (AvgIpc) is 2.69. The van der Waals surface area contributed by atoms with Gasteiger partial charge in [-0.2, -0.15) is 0 Å². The summed E-state index contributed by atoms with van der Waals surface area (Å²) in [4.78, 5) is 36.5. The van der Waals surface area contributed by atoms with Gasteiger partial charge >= 0.3 is 0 Å². The molecule has 0 saturated carbocycles. The maximum absolute atomic E-state index is 12.2. The predicted octanol–water partition coefficient (Wildman–Crippen LogP) is -0.140. The third kappa shape index (κ3) is 1.77. The number of hydrogen-bond donors (Lipinski definition) is 1. The van der Waals surface area contributed by atoms with E-state index < -0.39 is 23.3 Å². The van der Waals surface area contributed by atoms with E-state index in [4.69, 9.17) is 4.52 Å².